The van der Waals surface area contributed by atoms with Gasteiger partial charge in [0.05, 0.1) is 0 Å². The lowest BCUT2D eigenvalue weighted by Crippen LogP contribution is -2.24. The van der Waals surface area contributed by atoms with Gasteiger partial charge in [0.2, 0.25) is 11.8 Å². The van der Waals surface area contributed by atoms with Gasteiger partial charge < -0.3 is 16.4 Å². The third kappa shape index (κ3) is 6.22. The van der Waals surface area contributed by atoms with Crippen molar-refractivity contribution in [2.45, 2.75) is 33.2 Å². The first-order valence-corrected chi connectivity index (χ1v) is 5.82. The minimum Gasteiger partial charge on any atom is -0.327 e. The summed E-state index contributed by atoms with van der Waals surface area (Å²) in [5.74, 6) is -0.278. The molecule has 1 aromatic carbocycles. The van der Waals surface area contributed by atoms with Crippen molar-refractivity contribution in [3.8, 4) is 0 Å². The van der Waals surface area contributed by atoms with Gasteiger partial charge in [0.25, 0.3) is 0 Å². The Labute approximate surface area is 119 Å². The Morgan fingerprint density at radius 3 is 2.47 bits per heavy atom. The average Bonchev–Trinajstić information content (AvgIpc) is 2.21. The smallest absolute Gasteiger partial charge is 0.225 e. The van der Waals surface area contributed by atoms with E-state index in [-0.39, 0.29) is 36.7 Å². The monoisotopic (exact) mass is 285 g/mol. The number of rotatable bonds is 4. The Balaban J connectivity index is 0.00000324. The number of hydrogen-bond acceptors (Lipinski definition) is 3. The molecule has 5 nitrogen and oxygen atoms in total. The summed E-state index contributed by atoms with van der Waals surface area (Å²) in [6.45, 7) is 5.10. The second-order valence-electron chi connectivity index (χ2n) is 4.44. The number of hydrogen-bond donors (Lipinski definition) is 3. The van der Waals surface area contributed by atoms with Crippen LogP contribution >= 0.6 is 12.4 Å². The third-order valence-electron chi connectivity index (χ3n) is 2.34. The van der Waals surface area contributed by atoms with Crippen molar-refractivity contribution in [3.05, 3.63) is 23.8 Å². The molecule has 0 saturated carbocycles. The summed E-state index contributed by atoms with van der Waals surface area (Å²) in [5.41, 5.74) is 7.84. The number of anilines is 2. The van der Waals surface area contributed by atoms with Gasteiger partial charge in [0.15, 0.2) is 0 Å². The Morgan fingerprint density at radius 2 is 1.95 bits per heavy atom. The van der Waals surface area contributed by atoms with Crippen molar-refractivity contribution in [2.75, 3.05) is 10.6 Å². The Morgan fingerprint density at radius 1 is 1.32 bits per heavy atom. The maximum absolute atomic E-state index is 11.6. The molecule has 0 fully saturated rings. The number of carbonyl (C=O) groups excluding carboxylic acids is 2. The van der Waals surface area contributed by atoms with Gasteiger partial charge in [-0.3, -0.25) is 9.59 Å². The predicted octanol–water partition coefficient (Wildman–Crippen LogP) is 2.05. The SMILES string of the molecule is CC(=O)Nc1ccc(C)c(NC(=O)CC(C)N)c1.Cl. The van der Waals surface area contributed by atoms with E-state index in [0.717, 1.165) is 5.56 Å². The Kier molecular flexibility index (Phi) is 7.11. The van der Waals surface area contributed by atoms with Crippen molar-refractivity contribution < 1.29 is 9.59 Å². The molecule has 0 aliphatic carbocycles. The summed E-state index contributed by atoms with van der Waals surface area (Å²) in [6, 6.07) is 5.18. The molecule has 6 heteroatoms. The summed E-state index contributed by atoms with van der Waals surface area (Å²) < 4.78 is 0. The molecule has 0 saturated heterocycles. The molecular weight excluding hydrogens is 266 g/mol. The summed E-state index contributed by atoms with van der Waals surface area (Å²) >= 11 is 0. The summed E-state index contributed by atoms with van der Waals surface area (Å²) in [5, 5.41) is 5.46. The normalized spacial score (nSPS) is 11.2. The predicted molar refractivity (Wildman–Crippen MR) is 79.6 cm³/mol. The highest BCUT2D eigenvalue weighted by molar-refractivity contribution is 5.94. The van der Waals surface area contributed by atoms with Gasteiger partial charge in [0, 0.05) is 30.8 Å². The van der Waals surface area contributed by atoms with Gasteiger partial charge in [-0.2, -0.15) is 0 Å². The van der Waals surface area contributed by atoms with E-state index in [0.29, 0.717) is 11.4 Å². The van der Waals surface area contributed by atoms with Gasteiger partial charge in [0.1, 0.15) is 0 Å². The van der Waals surface area contributed by atoms with Gasteiger partial charge in [-0.1, -0.05) is 6.07 Å². The van der Waals surface area contributed by atoms with Crippen LogP contribution in [0.1, 0.15) is 25.8 Å². The molecule has 106 valence electrons. The largest absolute Gasteiger partial charge is 0.327 e. The molecule has 0 spiro atoms. The number of halogens is 1. The molecule has 19 heavy (non-hydrogen) atoms. The van der Waals surface area contributed by atoms with Gasteiger partial charge >= 0.3 is 0 Å². The average molecular weight is 286 g/mol. The van der Waals surface area contributed by atoms with Gasteiger partial charge in [-0.15, -0.1) is 12.4 Å². The molecule has 0 heterocycles. The fourth-order valence-corrected chi connectivity index (χ4v) is 1.53. The highest BCUT2D eigenvalue weighted by atomic mass is 35.5. The first-order valence-electron chi connectivity index (χ1n) is 5.82. The van der Waals surface area contributed by atoms with Crippen LogP contribution in [0.3, 0.4) is 0 Å². The van der Waals surface area contributed by atoms with E-state index in [4.69, 9.17) is 5.73 Å². The van der Waals surface area contributed by atoms with E-state index in [9.17, 15) is 9.59 Å². The van der Waals surface area contributed by atoms with E-state index in [1.165, 1.54) is 6.92 Å². The number of benzene rings is 1. The van der Waals surface area contributed by atoms with E-state index in [1.54, 1.807) is 19.1 Å². The number of aryl methyl sites for hydroxylation is 1. The highest BCUT2D eigenvalue weighted by Crippen LogP contribution is 2.20. The summed E-state index contributed by atoms with van der Waals surface area (Å²) in [4.78, 5) is 22.6. The standard InChI is InChI=1S/C13H19N3O2.ClH/c1-8-4-5-11(15-10(3)17)7-12(8)16-13(18)6-9(2)14;/h4-5,7,9H,6,14H2,1-3H3,(H,15,17)(H,16,18);1H. The lowest BCUT2D eigenvalue weighted by atomic mass is 10.1. The van der Waals surface area contributed by atoms with E-state index >= 15 is 0 Å². The Bertz CT molecular complexity index is 461. The molecule has 0 aliphatic heterocycles. The van der Waals surface area contributed by atoms with Crippen LogP contribution in [0.2, 0.25) is 0 Å². The van der Waals surface area contributed by atoms with Crippen LogP contribution in [0.5, 0.6) is 0 Å². The molecule has 4 N–H and O–H groups in total. The summed E-state index contributed by atoms with van der Waals surface area (Å²) in [7, 11) is 0. The summed E-state index contributed by atoms with van der Waals surface area (Å²) in [6.07, 6.45) is 0.268. The zero-order chi connectivity index (χ0) is 13.7. The lowest BCUT2D eigenvalue weighted by Gasteiger charge is -2.11. The maximum atomic E-state index is 11.6. The number of nitrogens with one attached hydrogen (secondary N) is 2. The molecule has 0 aromatic heterocycles. The van der Waals surface area contributed by atoms with Crippen molar-refractivity contribution in [3.63, 3.8) is 0 Å². The highest BCUT2D eigenvalue weighted by Gasteiger charge is 2.08. The topological polar surface area (TPSA) is 84.2 Å². The van der Waals surface area contributed by atoms with E-state index < -0.39 is 0 Å². The molecule has 1 unspecified atom stereocenters. The van der Waals surface area contributed by atoms with Crippen LogP contribution in [-0.4, -0.2) is 17.9 Å². The first-order chi connectivity index (χ1) is 8.38. The van der Waals surface area contributed by atoms with Crippen LogP contribution in [-0.2, 0) is 9.59 Å². The van der Waals surface area contributed by atoms with E-state index in [1.807, 2.05) is 13.0 Å². The molecule has 1 aromatic rings. The molecule has 2 amide bonds. The fraction of sp³-hybridized carbons (Fsp3) is 0.385. The van der Waals surface area contributed by atoms with Crippen LogP contribution in [0.25, 0.3) is 0 Å². The second kappa shape index (κ2) is 7.76. The number of nitrogens with two attached hydrogens (primary N) is 1. The molecule has 1 rings (SSSR count). The minimum absolute atomic E-state index is 0. The Hall–Kier alpha value is -1.59. The van der Waals surface area contributed by atoms with Crippen LogP contribution < -0.4 is 16.4 Å². The van der Waals surface area contributed by atoms with Gasteiger partial charge in [-0.25, -0.2) is 0 Å². The van der Waals surface area contributed by atoms with Crippen LogP contribution in [0.4, 0.5) is 11.4 Å². The fourth-order valence-electron chi connectivity index (χ4n) is 1.53. The van der Waals surface area contributed by atoms with Crippen molar-refractivity contribution in [1.82, 2.24) is 0 Å². The van der Waals surface area contributed by atoms with Crippen molar-refractivity contribution in [2.24, 2.45) is 5.73 Å². The second-order valence-corrected chi connectivity index (χ2v) is 4.44. The quantitative estimate of drug-likeness (QED) is 0.791. The molecule has 1 atom stereocenters. The molecule has 0 bridgehead atoms. The molecule has 0 radical (unpaired) electrons. The maximum Gasteiger partial charge on any atom is 0.225 e. The molecular formula is C13H20ClN3O2. The van der Waals surface area contributed by atoms with Crippen LogP contribution in [0.15, 0.2) is 18.2 Å². The lowest BCUT2D eigenvalue weighted by molar-refractivity contribution is -0.116. The van der Waals surface area contributed by atoms with E-state index in [2.05, 4.69) is 10.6 Å². The van der Waals surface area contributed by atoms with Crippen LogP contribution in [0, 0.1) is 6.92 Å². The van der Waals surface area contributed by atoms with Gasteiger partial charge in [-0.05, 0) is 31.5 Å². The molecule has 0 aliphatic rings. The minimum atomic E-state index is -0.177. The number of amides is 2. The first kappa shape index (κ1) is 17.4. The zero-order valence-electron chi connectivity index (χ0n) is 11.3. The third-order valence-corrected chi connectivity index (χ3v) is 2.34. The van der Waals surface area contributed by atoms with Crippen molar-refractivity contribution >= 4 is 35.6 Å². The zero-order valence-corrected chi connectivity index (χ0v) is 12.1. The van der Waals surface area contributed by atoms with Crippen molar-refractivity contribution in [1.29, 1.82) is 0 Å². The number of carbonyl (C=O) groups is 2.